The third-order valence-electron chi connectivity index (χ3n) is 4.58. The smallest absolute Gasteiger partial charge is 0.408 e. The number of phenols is 1. The number of hydrogen-bond acceptors (Lipinski definition) is 4. The molecule has 0 aromatic heterocycles. The van der Waals surface area contributed by atoms with Gasteiger partial charge in [0.2, 0.25) is 5.91 Å². The lowest BCUT2D eigenvalue weighted by Gasteiger charge is -2.29. The van der Waals surface area contributed by atoms with Gasteiger partial charge in [-0.15, -0.1) is 0 Å². The van der Waals surface area contributed by atoms with Gasteiger partial charge in [-0.05, 0) is 70.2 Å². The molecule has 0 radical (unpaired) electrons. The first-order valence-electron chi connectivity index (χ1n) is 10.6. The van der Waals surface area contributed by atoms with E-state index in [1.807, 2.05) is 71.0 Å². The lowest BCUT2D eigenvalue weighted by Crippen LogP contribution is -2.47. The Hall–Kier alpha value is -3.02. The monoisotopic (exact) mass is 426 g/mol. The van der Waals surface area contributed by atoms with Crippen LogP contribution < -0.4 is 10.6 Å². The third-order valence-corrected chi connectivity index (χ3v) is 4.58. The molecule has 2 rings (SSSR count). The van der Waals surface area contributed by atoms with Crippen LogP contribution in [-0.4, -0.2) is 28.2 Å². The third kappa shape index (κ3) is 9.11. The van der Waals surface area contributed by atoms with Crippen molar-refractivity contribution >= 4 is 12.0 Å². The number of aromatic hydroxyl groups is 1. The second kappa shape index (κ2) is 10.3. The second-order valence-electron chi connectivity index (χ2n) is 9.41. The number of ether oxygens (including phenoxy) is 1. The van der Waals surface area contributed by atoms with Crippen molar-refractivity contribution in [3.8, 4) is 5.75 Å². The van der Waals surface area contributed by atoms with Crippen LogP contribution in [0.5, 0.6) is 5.75 Å². The first-order valence-corrected chi connectivity index (χ1v) is 10.6. The number of phenolic OH excluding ortho intramolecular Hbond substituents is 1. The number of rotatable bonds is 8. The molecule has 0 saturated heterocycles. The molecule has 0 atom stereocenters. The Labute approximate surface area is 185 Å². The molecule has 3 N–H and O–H groups in total. The van der Waals surface area contributed by atoms with Crippen LogP contribution in [0, 0.1) is 0 Å². The van der Waals surface area contributed by atoms with Gasteiger partial charge < -0.3 is 20.5 Å². The Morgan fingerprint density at radius 1 is 0.968 bits per heavy atom. The lowest BCUT2D eigenvalue weighted by atomic mass is 9.94. The predicted octanol–water partition coefficient (Wildman–Crippen LogP) is 4.49. The summed E-state index contributed by atoms with van der Waals surface area (Å²) in [5.74, 6) is 0.145. The maximum atomic E-state index is 12.2. The highest BCUT2D eigenvalue weighted by atomic mass is 16.6. The number of hydrogen-bond donors (Lipinski definition) is 3. The van der Waals surface area contributed by atoms with E-state index in [0.29, 0.717) is 25.8 Å². The molecule has 2 aromatic carbocycles. The van der Waals surface area contributed by atoms with Crippen LogP contribution in [0.4, 0.5) is 4.79 Å². The van der Waals surface area contributed by atoms with Crippen LogP contribution in [0.15, 0.2) is 48.5 Å². The highest BCUT2D eigenvalue weighted by Gasteiger charge is 2.25. The van der Waals surface area contributed by atoms with Crippen molar-refractivity contribution in [3.05, 3.63) is 65.2 Å². The average molecular weight is 427 g/mol. The minimum absolute atomic E-state index is 0.0689. The molecule has 0 bridgehead atoms. The van der Waals surface area contributed by atoms with E-state index in [1.165, 1.54) is 0 Å². The van der Waals surface area contributed by atoms with Gasteiger partial charge in [-0.1, -0.05) is 42.5 Å². The zero-order chi connectivity index (χ0) is 23.1. The molecule has 0 aliphatic rings. The number of carbonyl (C=O) groups is 2. The molecule has 0 unspecified atom stereocenters. The lowest BCUT2D eigenvalue weighted by molar-refractivity contribution is -0.121. The molecule has 0 fully saturated rings. The second-order valence-corrected chi connectivity index (χ2v) is 9.41. The molecular formula is C25H34N2O4. The largest absolute Gasteiger partial charge is 0.508 e. The normalized spacial score (nSPS) is 11.6. The van der Waals surface area contributed by atoms with Gasteiger partial charge in [0, 0.05) is 18.5 Å². The SMILES string of the molecule is CC(C)(Cc1cccc(CNC(=O)CCc2ccccc2O)c1)NC(=O)OC(C)(C)C. The van der Waals surface area contributed by atoms with Gasteiger partial charge in [-0.3, -0.25) is 4.79 Å². The number of aryl methyl sites for hydroxylation is 1. The molecule has 31 heavy (non-hydrogen) atoms. The molecule has 0 aliphatic carbocycles. The maximum Gasteiger partial charge on any atom is 0.408 e. The quantitative estimate of drug-likeness (QED) is 0.580. The van der Waals surface area contributed by atoms with Crippen molar-refractivity contribution in [2.75, 3.05) is 0 Å². The molecule has 6 nitrogen and oxygen atoms in total. The zero-order valence-corrected chi connectivity index (χ0v) is 19.1. The molecule has 0 aliphatic heterocycles. The number of carbonyl (C=O) groups excluding carboxylic acids is 2. The molecule has 0 heterocycles. The molecule has 0 spiro atoms. The zero-order valence-electron chi connectivity index (χ0n) is 19.1. The van der Waals surface area contributed by atoms with Gasteiger partial charge in [0.15, 0.2) is 0 Å². The first-order chi connectivity index (χ1) is 14.4. The molecular weight excluding hydrogens is 392 g/mol. The van der Waals surface area contributed by atoms with Crippen molar-refractivity contribution in [2.45, 2.75) is 71.6 Å². The van der Waals surface area contributed by atoms with Gasteiger partial charge in [0.25, 0.3) is 0 Å². The van der Waals surface area contributed by atoms with Gasteiger partial charge >= 0.3 is 6.09 Å². The van der Waals surface area contributed by atoms with Crippen LogP contribution in [0.25, 0.3) is 0 Å². The minimum Gasteiger partial charge on any atom is -0.508 e. The Balaban J connectivity index is 1.86. The summed E-state index contributed by atoms with van der Waals surface area (Å²) in [4.78, 5) is 24.3. The standard InChI is InChI=1S/C25H34N2O4/c1-24(2,3)31-23(30)27-25(4,5)16-18-9-8-10-19(15-18)17-26-22(29)14-13-20-11-6-7-12-21(20)28/h6-12,15,28H,13-14,16-17H2,1-5H3,(H,26,29)(H,27,30). The number of benzene rings is 2. The van der Waals surface area contributed by atoms with Crippen LogP contribution in [0.3, 0.4) is 0 Å². The van der Waals surface area contributed by atoms with Gasteiger partial charge in [-0.25, -0.2) is 4.79 Å². The summed E-state index contributed by atoms with van der Waals surface area (Å²) >= 11 is 0. The number of alkyl carbamates (subject to hydrolysis) is 1. The number of para-hydroxylation sites is 1. The van der Waals surface area contributed by atoms with Gasteiger partial charge in [0.1, 0.15) is 11.4 Å². The highest BCUT2D eigenvalue weighted by molar-refractivity contribution is 5.76. The summed E-state index contributed by atoms with van der Waals surface area (Å²) in [6, 6.07) is 15.0. The molecule has 168 valence electrons. The fourth-order valence-corrected chi connectivity index (χ4v) is 3.24. The van der Waals surface area contributed by atoms with E-state index in [-0.39, 0.29) is 11.7 Å². The fourth-order valence-electron chi connectivity index (χ4n) is 3.24. The van der Waals surface area contributed by atoms with E-state index in [0.717, 1.165) is 16.7 Å². The van der Waals surface area contributed by atoms with E-state index in [1.54, 1.807) is 12.1 Å². The van der Waals surface area contributed by atoms with E-state index in [9.17, 15) is 14.7 Å². The van der Waals surface area contributed by atoms with Crippen LogP contribution >= 0.6 is 0 Å². The number of amides is 2. The van der Waals surface area contributed by atoms with Crippen LogP contribution in [0.2, 0.25) is 0 Å². The van der Waals surface area contributed by atoms with E-state index >= 15 is 0 Å². The number of nitrogens with one attached hydrogen (secondary N) is 2. The first kappa shape index (κ1) is 24.3. The summed E-state index contributed by atoms with van der Waals surface area (Å²) in [7, 11) is 0. The summed E-state index contributed by atoms with van der Waals surface area (Å²) in [5, 5.41) is 15.6. The van der Waals surface area contributed by atoms with Crippen molar-refractivity contribution in [2.24, 2.45) is 0 Å². The van der Waals surface area contributed by atoms with Crippen molar-refractivity contribution in [1.29, 1.82) is 0 Å². The molecule has 6 heteroatoms. The summed E-state index contributed by atoms with van der Waals surface area (Å²) in [5.41, 5.74) is 1.78. The predicted molar refractivity (Wildman–Crippen MR) is 122 cm³/mol. The average Bonchev–Trinajstić information content (AvgIpc) is 2.63. The molecule has 0 saturated carbocycles. The molecule has 2 amide bonds. The Morgan fingerprint density at radius 3 is 2.32 bits per heavy atom. The topological polar surface area (TPSA) is 87.7 Å². The van der Waals surface area contributed by atoms with Crippen molar-refractivity contribution < 1.29 is 19.4 Å². The fraction of sp³-hybridized carbons (Fsp3) is 0.440. The molecule has 2 aromatic rings. The van der Waals surface area contributed by atoms with Crippen molar-refractivity contribution in [1.82, 2.24) is 10.6 Å². The van der Waals surface area contributed by atoms with Crippen LogP contribution in [-0.2, 0) is 28.9 Å². The van der Waals surface area contributed by atoms with Gasteiger partial charge in [-0.2, -0.15) is 0 Å². The summed E-state index contributed by atoms with van der Waals surface area (Å²) in [6.45, 7) is 9.82. The Bertz CT molecular complexity index is 900. The minimum atomic E-state index is -0.544. The Kier molecular flexibility index (Phi) is 8.08. The van der Waals surface area contributed by atoms with Crippen molar-refractivity contribution in [3.63, 3.8) is 0 Å². The van der Waals surface area contributed by atoms with E-state index < -0.39 is 17.2 Å². The Morgan fingerprint density at radius 2 is 1.65 bits per heavy atom. The van der Waals surface area contributed by atoms with E-state index in [4.69, 9.17) is 4.74 Å². The highest BCUT2D eigenvalue weighted by Crippen LogP contribution is 2.18. The summed E-state index contributed by atoms with van der Waals surface area (Å²) in [6.07, 6.45) is 0.986. The van der Waals surface area contributed by atoms with Gasteiger partial charge in [0.05, 0.1) is 0 Å². The maximum absolute atomic E-state index is 12.2. The summed E-state index contributed by atoms with van der Waals surface area (Å²) < 4.78 is 5.35. The van der Waals surface area contributed by atoms with E-state index in [2.05, 4.69) is 10.6 Å². The van der Waals surface area contributed by atoms with Crippen LogP contribution in [0.1, 0.15) is 57.7 Å².